The van der Waals surface area contributed by atoms with Crippen LogP contribution < -0.4 is 25.4 Å². The Bertz CT molecular complexity index is 855. The van der Waals surface area contributed by atoms with E-state index >= 15 is 0 Å². The van der Waals surface area contributed by atoms with E-state index in [4.69, 9.17) is 9.47 Å². The first-order chi connectivity index (χ1) is 13.7. The molecule has 1 saturated heterocycles. The van der Waals surface area contributed by atoms with Crippen molar-refractivity contribution in [3.8, 4) is 11.5 Å². The van der Waals surface area contributed by atoms with Gasteiger partial charge in [-0.15, -0.1) is 0 Å². The van der Waals surface area contributed by atoms with Crippen molar-refractivity contribution in [2.75, 3.05) is 25.1 Å². The minimum absolute atomic E-state index is 0.176. The van der Waals surface area contributed by atoms with Crippen molar-refractivity contribution in [3.63, 3.8) is 0 Å². The van der Waals surface area contributed by atoms with E-state index in [1.54, 1.807) is 25.1 Å². The zero-order valence-corrected chi connectivity index (χ0v) is 16.5. The van der Waals surface area contributed by atoms with E-state index in [1.807, 2.05) is 13.8 Å². The van der Waals surface area contributed by atoms with Gasteiger partial charge in [0.05, 0.1) is 0 Å². The summed E-state index contributed by atoms with van der Waals surface area (Å²) in [5.74, 6) is -0.0313. The van der Waals surface area contributed by atoms with E-state index in [0.717, 1.165) is 4.90 Å². The van der Waals surface area contributed by atoms with E-state index in [2.05, 4.69) is 16.0 Å². The fourth-order valence-electron chi connectivity index (χ4n) is 3.44. The summed E-state index contributed by atoms with van der Waals surface area (Å²) in [7, 11) is 0. The van der Waals surface area contributed by atoms with Gasteiger partial charge in [0.2, 0.25) is 5.91 Å². The second kappa shape index (κ2) is 7.98. The lowest BCUT2D eigenvalue weighted by Gasteiger charge is -2.23. The van der Waals surface area contributed by atoms with Crippen molar-refractivity contribution in [2.24, 2.45) is 5.92 Å². The van der Waals surface area contributed by atoms with E-state index in [1.165, 1.54) is 0 Å². The van der Waals surface area contributed by atoms with Crippen molar-refractivity contribution >= 4 is 29.6 Å². The average molecular weight is 404 g/mol. The number of nitrogens with zero attached hydrogens (tertiary/aromatic N) is 1. The number of amides is 6. The Labute approximate surface area is 167 Å². The molecule has 2 aliphatic rings. The van der Waals surface area contributed by atoms with Gasteiger partial charge in [0, 0.05) is 11.8 Å². The lowest BCUT2D eigenvalue weighted by Crippen LogP contribution is -2.47. The molecule has 2 aliphatic heterocycles. The normalized spacial score (nSPS) is 20.5. The van der Waals surface area contributed by atoms with Crippen LogP contribution in [-0.2, 0) is 9.59 Å². The van der Waals surface area contributed by atoms with Gasteiger partial charge >= 0.3 is 12.1 Å². The Hall–Kier alpha value is -3.30. The molecule has 1 aromatic carbocycles. The fraction of sp³-hybridized carbons (Fsp3) is 0.474. The van der Waals surface area contributed by atoms with Gasteiger partial charge in [0.1, 0.15) is 25.3 Å². The zero-order chi connectivity index (χ0) is 21.2. The topological polar surface area (TPSA) is 126 Å². The molecule has 0 unspecified atom stereocenters. The highest BCUT2D eigenvalue weighted by Gasteiger charge is 2.48. The van der Waals surface area contributed by atoms with Gasteiger partial charge in [0.25, 0.3) is 5.91 Å². The van der Waals surface area contributed by atoms with E-state index in [0.29, 0.717) is 36.8 Å². The minimum Gasteiger partial charge on any atom is -0.486 e. The van der Waals surface area contributed by atoms with Crippen LogP contribution in [0.4, 0.5) is 15.3 Å². The number of carbonyl (C=O) groups is 4. The SMILES string of the molecule is CC(C)C[C@@]1(C)NC(=O)N(CC(=O)NC(=O)Nc2ccc3c(c2)OCCO3)C1=O. The Morgan fingerprint density at radius 2 is 1.90 bits per heavy atom. The van der Waals surface area contributed by atoms with Crippen LogP contribution in [0.1, 0.15) is 27.2 Å². The molecule has 0 radical (unpaired) electrons. The summed E-state index contributed by atoms with van der Waals surface area (Å²) in [4.78, 5) is 49.7. The molecule has 29 heavy (non-hydrogen) atoms. The first kappa shape index (κ1) is 20.4. The molecule has 0 aliphatic carbocycles. The third-order valence-corrected chi connectivity index (χ3v) is 4.52. The highest BCUT2D eigenvalue weighted by atomic mass is 16.6. The zero-order valence-electron chi connectivity index (χ0n) is 16.5. The molecule has 0 spiro atoms. The number of carbonyl (C=O) groups excluding carboxylic acids is 4. The Kier molecular flexibility index (Phi) is 5.62. The van der Waals surface area contributed by atoms with Gasteiger partial charge in [-0.05, 0) is 31.4 Å². The van der Waals surface area contributed by atoms with Crippen molar-refractivity contribution < 1.29 is 28.7 Å². The number of ether oxygens (including phenoxy) is 2. The summed E-state index contributed by atoms with van der Waals surface area (Å²) in [5.41, 5.74) is -0.655. The lowest BCUT2D eigenvalue weighted by atomic mass is 9.91. The van der Waals surface area contributed by atoms with Crippen molar-refractivity contribution in [1.82, 2.24) is 15.5 Å². The molecule has 0 bridgehead atoms. The number of urea groups is 2. The fourth-order valence-corrected chi connectivity index (χ4v) is 3.44. The standard InChI is InChI=1S/C19H24N4O6/c1-11(2)9-19(3)16(25)23(18(27)22-19)10-15(24)21-17(26)20-12-4-5-13-14(8-12)29-7-6-28-13/h4-5,8,11H,6-7,9-10H2,1-3H3,(H,22,27)(H2,20,21,24,26)/t19-/m1/s1. The molecular formula is C19H24N4O6. The smallest absolute Gasteiger partial charge is 0.325 e. The van der Waals surface area contributed by atoms with Gasteiger partial charge in [-0.25, -0.2) is 9.59 Å². The Morgan fingerprint density at radius 1 is 1.21 bits per heavy atom. The molecule has 0 saturated carbocycles. The molecule has 10 heteroatoms. The summed E-state index contributed by atoms with van der Waals surface area (Å²) in [6.45, 7) is 5.80. The van der Waals surface area contributed by atoms with Gasteiger partial charge in [0.15, 0.2) is 11.5 Å². The summed E-state index contributed by atoms with van der Waals surface area (Å²) in [6.07, 6.45) is 0.445. The quantitative estimate of drug-likeness (QED) is 0.638. The summed E-state index contributed by atoms with van der Waals surface area (Å²) in [5, 5.41) is 7.23. The average Bonchev–Trinajstić information content (AvgIpc) is 2.83. The molecule has 1 fully saturated rings. The van der Waals surface area contributed by atoms with Crippen molar-refractivity contribution in [2.45, 2.75) is 32.7 Å². The summed E-state index contributed by atoms with van der Waals surface area (Å²) < 4.78 is 10.8. The maximum Gasteiger partial charge on any atom is 0.325 e. The van der Waals surface area contributed by atoms with E-state index in [-0.39, 0.29) is 5.92 Å². The molecule has 1 atom stereocenters. The lowest BCUT2D eigenvalue weighted by molar-refractivity contribution is -0.134. The van der Waals surface area contributed by atoms with Crippen molar-refractivity contribution in [1.29, 1.82) is 0 Å². The third kappa shape index (κ3) is 4.58. The molecule has 0 aromatic heterocycles. The molecule has 6 amide bonds. The highest BCUT2D eigenvalue weighted by molar-refractivity contribution is 6.10. The van der Waals surface area contributed by atoms with Gasteiger partial charge < -0.3 is 20.1 Å². The Morgan fingerprint density at radius 3 is 2.59 bits per heavy atom. The van der Waals surface area contributed by atoms with Crippen LogP contribution in [0, 0.1) is 5.92 Å². The van der Waals surface area contributed by atoms with Crippen LogP contribution in [-0.4, -0.2) is 54.1 Å². The number of imide groups is 2. The predicted molar refractivity (Wildman–Crippen MR) is 103 cm³/mol. The molecule has 156 valence electrons. The summed E-state index contributed by atoms with van der Waals surface area (Å²) >= 11 is 0. The molecular weight excluding hydrogens is 380 g/mol. The number of hydrogen-bond acceptors (Lipinski definition) is 6. The van der Waals surface area contributed by atoms with E-state index in [9.17, 15) is 19.2 Å². The molecule has 2 heterocycles. The highest BCUT2D eigenvalue weighted by Crippen LogP contribution is 2.32. The number of fused-ring (bicyclic) bond motifs is 1. The van der Waals surface area contributed by atoms with Crippen LogP contribution in [0.5, 0.6) is 11.5 Å². The van der Waals surface area contributed by atoms with Gasteiger partial charge in [-0.3, -0.25) is 19.8 Å². The van der Waals surface area contributed by atoms with Gasteiger partial charge in [-0.1, -0.05) is 13.8 Å². The maximum atomic E-state index is 12.6. The number of nitrogens with one attached hydrogen (secondary N) is 3. The number of anilines is 1. The molecule has 1 aromatic rings. The van der Waals surface area contributed by atoms with Gasteiger partial charge in [-0.2, -0.15) is 0 Å². The monoisotopic (exact) mass is 404 g/mol. The van der Waals surface area contributed by atoms with E-state index < -0.39 is 36.0 Å². The molecule has 10 nitrogen and oxygen atoms in total. The number of hydrogen-bond donors (Lipinski definition) is 3. The van der Waals surface area contributed by atoms with Crippen LogP contribution >= 0.6 is 0 Å². The first-order valence-electron chi connectivity index (χ1n) is 9.32. The van der Waals surface area contributed by atoms with Crippen LogP contribution in [0.3, 0.4) is 0 Å². The second-order valence-corrected chi connectivity index (χ2v) is 7.61. The summed E-state index contributed by atoms with van der Waals surface area (Å²) in [6, 6.07) is 3.39. The third-order valence-electron chi connectivity index (χ3n) is 4.52. The maximum absolute atomic E-state index is 12.6. The molecule has 3 N–H and O–H groups in total. The Balaban J connectivity index is 1.56. The first-order valence-corrected chi connectivity index (χ1v) is 9.32. The van der Waals surface area contributed by atoms with Crippen LogP contribution in [0.15, 0.2) is 18.2 Å². The molecule has 3 rings (SSSR count). The largest absolute Gasteiger partial charge is 0.486 e. The number of benzene rings is 1. The predicted octanol–water partition coefficient (Wildman–Crippen LogP) is 1.46. The van der Waals surface area contributed by atoms with Crippen molar-refractivity contribution in [3.05, 3.63) is 18.2 Å². The second-order valence-electron chi connectivity index (χ2n) is 7.61. The minimum atomic E-state index is -1.06. The van der Waals surface area contributed by atoms with Crippen LogP contribution in [0.25, 0.3) is 0 Å². The van der Waals surface area contributed by atoms with Crippen LogP contribution in [0.2, 0.25) is 0 Å². The number of rotatable bonds is 5.